The van der Waals surface area contributed by atoms with Gasteiger partial charge in [0.1, 0.15) is 8.70 Å². The molecule has 0 N–H and O–H groups in total. The Labute approximate surface area is 663 Å². The Kier molecular flexibility index (Phi) is 50.9. The van der Waals surface area contributed by atoms with E-state index in [9.17, 15) is 14.4 Å². The molecule has 0 aliphatic heterocycles. The first-order chi connectivity index (χ1) is 29.4. The maximum absolute atomic E-state index is 13.8. The normalized spacial score (nSPS) is 10.3. The van der Waals surface area contributed by atoms with Crippen LogP contribution in [0.1, 0.15) is 20.8 Å². The van der Waals surface area contributed by atoms with Gasteiger partial charge in [0, 0.05) is 63.6 Å². The lowest BCUT2D eigenvalue weighted by Gasteiger charge is -2.38. The van der Waals surface area contributed by atoms with E-state index in [4.69, 9.17) is 24.9 Å². The maximum Gasteiger partial charge on any atom is 0.284 e. The molecule has 4 radical (unpaired) electrons. The highest BCUT2D eigenvalue weighted by Crippen LogP contribution is 2.34. The van der Waals surface area contributed by atoms with Gasteiger partial charge >= 0.3 is 0 Å². The molecule has 0 heterocycles. The minimum absolute atomic E-state index is 0.00883. The van der Waals surface area contributed by atoms with Crippen LogP contribution in [0, 0.1) is 0 Å². The first kappa shape index (κ1) is 78.5. The fourth-order valence-corrected chi connectivity index (χ4v) is 35.6. The average Bonchev–Trinajstić information content (AvgIpc) is 3.24. The van der Waals surface area contributed by atoms with Gasteiger partial charge in [-0.3, -0.25) is 14.4 Å². The van der Waals surface area contributed by atoms with Crippen molar-refractivity contribution in [3.05, 3.63) is 0 Å². The largest absolute Gasteiger partial charge is 0.425 e. The van der Waals surface area contributed by atoms with Gasteiger partial charge in [-0.2, -0.15) is 403 Å². The summed E-state index contributed by atoms with van der Waals surface area (Å²) in [7, 11) is 16.2. The lowest BCUT2D eigenvalue weighted by molar-refractivity contribution is -0.125. The molecule has 0 unspecified atom stereocenters. The van der Waals surface area contributed by atoms with E-state index in [-0.39, 0.29) is 118 Å². The Morgan fingerprint density at radius 3 is 0.797 bits per heavy atom. The average molecular weight is 3090 g/mol. The second kappa shape index (κ2) is 41.5. The standard InChI is InChI=1S/C12H23B24I20N3O5/c1-10(60)57(6-8-63-4)33(27(49)19(41)17(39)15(13)37)29(51)23(45)21(43)25(47)31(53)35(55)59(12(3)62)36(56)32(54)26(48)22(44)24(46)30(52)34(58(11(2)61)7-9-64-5)28(50)20(42)18(40)16(14)38/h6-9H2,1-5H3. The van der Waals surface area contributed by atoms with Crippen molar-refractivity contribution in [2.24, 2.45) is 0 Å². The molecule has 64 heavy (non-hydrogen) atoms. The van der Waals surface area contributed by atoms with Crippen LogP contribution in [0.4, 0.5) is 0 Å². The summed E-state index contributed by atoms with van der Waals surface area (Å²) in [6.45, 7) is 6.96. The zero-order valence-electron chi connectivity index (χ0n) is 34.1. The van der Waals surface area contributed by atoms with Gasteiger partial charge in [-0.1, -0.05) is 0 Å². The topological polar surface area (TPSA) is 79.4 Å². The van der Waals surface area contributed by atoms with Gasteiger partial charge < -0.3 is 23.8 Å². The number of ether oxygens (including phenoxy) is 2. The molecule has 0 rings (SSSR count). The summed E-state index contributed by atoms with van der Waals surface area (Å²) in [6.07, 6.45) is 0. The molecule has 0 aliphatic rings. The number of carbonyl (C=O) groups excluding carboxylic acids is 3. The van der Waals surface area contributed by atoms with Crippen LogP contribution in [0.2, 0.25) is 0 Å². The Morgan fingerprint density at radius 1 is 0.375 bits per heavy atom. The van der Waals surface area contributed by atoms with E-state index >= 15 is 0 Å². The second-order valence-electron chi connectivity index (χ2n) is 14.1. The van der Waals surface area contributed by atoms with Crippen molar-refractivity contribution in [3.8, 4) is 0 Å². The summed E-state index contributed by atoms with van der Waals surface area (Å²) in [4.78, 5) is 44.5. The first-order valence-electron chi connectivity index (χ1n) is 18.5. The lowest BCUT2D eigenvalue weighted by Crippen LogP contribution is -2.71. The molecule has 0 spiro atoms. The van der Waals surface area contributed by atoms with Gasteiger partial charge in [-0.05, 0) is 0 Å². The van der Waals surface area contributed by atoms with Crippen molar-refractivity contribution in [3.63, 3.8) is 0 Å². The van der Waals surface area contributed by atoms with E-state index in [1.54, 1.807) is 35.0 Å². The summed E-state index contributed by atoms with van der Waals surface area (Å²) in [5.74, 6) is 0.167. The van der Waals surface area contributed by atoms with E-state index in [0.717, 1.165) is 0 Å². The van der Waals surface area contributed by atoms with Gasteiger partial charge in [-0.25, -0.2) is 0 Å². The molecule has 52 heteroatoms. The van der Waals surface area contributed by atoms with Crippen molar-refractivity contribution >= 4 is 581 Å². The van der Waals surface area contributed by atoms with Crippen LogP contribution in [-0.4, -0.2) is 189 Å². The van der Waals surface area contributed by atoms with Crippen molar-refractivity contribution < 1.29 is 23.9 Å². The number of methoxy groups -OCH3 is 2. The summed E-state index contributed by atoms with van der Waals surface area (Å²) in [5, 5.41) is 0. The van der Waals surface area contributed by atoms with E-state index in [0.29, 0.717) is 26.3 Å². The van der Waals surface area contributed by atoms with Crippen LogP contribution in [-0.2, 0) is 23.9 Å². The first-order valence-corrected chi connectivity index (χ1v) is 43.5. The maximum atomic E-state index is 13.8. The molecular formula is C12H23B24I20N3O5. The minimum atomic E-state index is -0.0679. The third-order valence-corrected chi connectivity index (χ3v) is 60.4. The summed E-state index contributed by atoms with van der Waals surface area (Å²) < 4.78 is 16.0. The van der Waals surface area contributed by atoms with Crippen molar-refractivity contribution in [1.29, 1.82) is 0 Å². The van der Waals surface area contributed by atoms with Gasteiger partial charge in [0.2, 0.25) is 33.8 Å². The second-order valence-corrected chi connectivity index (χ2v) is 42.5. The summed E-state index contributed by atoms with van der Waals surface area (Å²) >= 11 is 50.9. The summed E-state index contributed by atoms with van der Waals surface area (Å²) in [6, 6.07) is 0. The monoisotopic (exact) mass is 3090 g/mol. The molecule has 0 atom stereocenters. The van der Waals surface area contributed by atoms with Crippen molar-refractivity contribution in [2.45, 2.75) is 20.8 Å². The predicted octanol–water partition coefficient (Wildman–Crippen LogP) is 8.23. The zero-order chi connectivity index (χ0) is 50.4. The number of hydrogen-bond donors (Lipinski definition) is 0. The van der Waals surface area contributed by atoms with E-state index in [2.05, 4.69) is 452 Å². The van der Waals surface area contributed by atoms with Gasteiger partial charge in [-0.15, -0.1) is 44.7 Å². The predicted molar refractivity (Wildman–Crippen MR) is 490 cm³/mol. The van der Waals surface area contributed by atoms with Gasteiger partial charge in [0.25, 0.3) is 9.19 Å². The number of amides is 3. The summed E-state index contributed by atoms with van der Waals surface area (Å²) in [5.41, 5.74) is 0. The molecule has 3 amide bonds. The number of carbonyl (C=O) groups is 3. The number of rotatable bonds is 30. The molecule has 0 aromatic carbocycles. The highest BCUT2D eigenvalue weighted by Gasteiger charge is 2.58. The lowest BCUT2D eigenvalue weighted by atomic mass is 8.82. The molecule has 0 aliphatic carbocycles. The highest BCUT2D eigenvalue weighted by molar-refractivity contribution is 14.2. The van der Waals surface area contributed by atoms with Crippen LogP contribution in [0.25, 0.3) is 0 Å². The highest BCUT2D eigenvalue weighted by atomic mass is 127. The van der Waals surface area contributed by atoms with Crippen LogP contribution in [0.15, 0.2) is 0 Å². The van der Waals surface area contributed by atoms with E-state index < -0.39 is 0 Å². The smallest absolute Gasteiger partial charge is 0.284 e. The van der Waals surface area contributed by atoms with Crippen molar-refractivity contribution in [2.75, 3.05) is 40.5 Å². The van der Waals surface area contributed by atoms with Crippen LogP contribution >= 0.6 is 447 Å². The van der Waals surface area contributed by atoms with Crippen LogP contribution < -0.4 is 0 Å². The fourth-order valence-electron chi connectivity index (χ4n) is 6.05. The third-order valence-electron chi connectivity index (χ3n) is 9.59. The molecule has 0 aromatic heterocycles. The number of halogens is 20. The van der Waals surface area contributed by atoms with Crippen molar-refractivity contribution in [1.82, 2.24) is 14.3 Å². The molecule has 0 saturated heterocycles. The molecule has 0 saturated carbocycles. The molecule has 8 nitrogen and oxygen atoms in total. The molecule has 0 aromatic rings. The number of nitrogens with zero attached hydrogens (tertiary/aromatic N) is 3. The van der Waals surface area contributed by atoms with E-state index in [1.165, 1.54) is 0 Å². The molecular weight excluding hydrogens is 3060 g/mol. The molecule has 0 fully saturated rings. The number of hydrogen-bond acceptors (Lipinski definition) is 5. The van der Waals surface area contributed by atoms with Crippen LogP contribution in [0.5, 0.6) is 0 Å². The Balaban J connectivity index is 6.69. The Hall–Kier alpha value is 14.5. The molecule has 328 valence electrons. The quantitative estimate of drug-likeness (QED) is 0.0536. The Bertz CT molecular complexity index is 1330. The van der Waals surface area contributed by atoms with Crippen LogP contribution in [0.3, 0.4) is 0 Å². The molecule has 0 bridgehead atoms. The van der Waals surface area contributed by atoms with E-state index in [1.807, 2.05) is 9.62 Å². The van der Waals surface area contributed by atoms with Gasteiger partial charge in [0.05, 0.1) is 13.2 Å². The van der Waals surface area contributed by atoms with Gasteiger partial charge in [0.15, 0.2) is 66.8 Å². The zero-order valence-corrected chi connectivity index (χ0v) is 77.3. The minimum Gasteiger partial charge on any atom is -0.425 e. The third kappa shape index (κ3) is 25.6. The SMILES string of the molecule is [B]B(I)B(I)B(I)B(I)B(B(I)B(I)B(I)B(I)B(I)B(I)N(B(I)B(I)B(I)B(I)B(I)B(I)B(B(I)B(I)B(I)B([B])I)N(CCOC)C(C)=O)C(C)=O)N(CCOC)C(C)=O. The Morgan fingerprint density at radius 2 is 0.594 bits per heavy atom. The fraction of sp³-hybridized carbons (Fsp3) is 0.750.